The summed E-state index contributed by atoms with van der Waals surface area (Å²) in [6.45, 7) is 7.38. The highest BCUT2D eigenvalue weighted by Crippen LogP contribution is 2.37. The Kier molecular flexibility index (Phi) is 5.19. The van der Waals surface area contributed by atoms with Gasteiger partial charge in [-0.05, 0) is 37.1 Å². The van der Waals surface area contributed by atoms with Crippen molar-refractivity contribution in [2.24, 2.45) is 0 Å². The minimum absolute atomic E-state index is 0.536. The van der Waals surface area contributed by atoms with Gasteiger partial charge in [0, 0.05) is 5.02 Å². The van der Waals surface area contributed by atoms with E-state index in [0.29, 0.717) is 22.2 Å². The van der Waals surface area contributed by atoms with Gasteiger partial charge in [0.25, 0.3) is 0 Å². The Hall–Kier alpha value is -0.153. The van der Waals surface area contributed by atoms with Crippen LogP contribution in [0.5, 0.6) is 5.75 Å². The van der Waals surface area contributed by atoms with Gasteiger partial charge in [-0.3, -0.25) is 0 Å². The Labute approximate surface area is 112 Å². The SMILES string of the molecule is C=CCc1cc(Cl)c(C)c(Cl)c1O[Si](C)Cl. The van der Waals surface area contributed by atoms with Gasteiger partial charge in [0.2, 0.25) is 0 Å². The maximum Gasteiger partial charge on any atom is 0.389 e. The van der Waals surface area contributed by atoms with Crippen molar-refractivity contribution in [3.63, 3.8) is 0 Å². The van der Waals surface area contributed by atoms with Gasteiger partial charge < -0.3 is 4.43 Å². The maximum atomic E-state index is 6.20. The Morgan fingerprint density at radius 2 is 2.12 bits per heavy atom. The molecule has 0 saturated heterocycles. The third-order valence-electron chi connectivity index (χ3n) is 2.09. The first-order valence-corrected chi connectivity index (χ1v) is 8.40. The lowest BCUT2D eigenvalue weighted by atomic mass is 10.1. The molecule has 0 aliphatic heterocycles. The van der Waals surface area contributed by atoms with Crippen molar-refractivity contribution < 1.29 is 4.43 Å². The van der Waals surface area contributed by atoms with Gasteiger partial charge in [0.1, 0.15) is 5.75 Å². The van der Waals surface area contributed by atoms with Crippen LogP contribution in [0.3, 0.4) is 0 Å². The summed E-state index contributed by atoms with van der Waals surface area (Å²) in [6, 6.07) is 1.85. The van der Waals surface area contributed by atoms with Crippen molar-refractivity contribution in [1.29, 1.82) is 0 Å². The molecule has 0 N–H and O–H groups in total. The molecule has 16 heavy (non-hydrogen) atoms. The highest BCUT2D eigenvalue weighted by atomic mass is 35.6. The second-order valence-corrected chi connectivity index (χ2v) is 6.88. The first-order valence-electron chi connectivity index (χ1n) is 4.72. The molecule has 0 heterocycles. The van der Waals surface area contributed by atoms with Crippen LogP contribution in [0.1, 0.15) is 11.1 Å². The lowest BCUT2D eigenvalue weighted by Crippen LogP contribution is -2.11. The summed E-state index contributed by atoms with van der Waals surface area (Å²) < 4.78 is 5.59. The minimum Gasteiger partial charge on any atom is -0.527 e. The fourth-order valence-corrected chi connectivity index (χ4v) is 2.65. The van der Waals surface area contributed by atoms with E-state index in [1.165, 1.54) is 0 Å². The van der Waals surface area contributed by atoms with E-state index in [1.54, 1.807) is 6.08 Å². The van der Waals surface area contributed by atoms with E-state index in [-0.39, 0.29) is 0 Å². The summed E-state index contributed by atoms with van der Waals surface area (Å²) >= 11 is 18.2. The quantitative estimate of drug-likeness (QED) is 0.442. The summed E-state index contributed by atoms with van der Waals surface area (Å²) in [6.07, 6.45) is 2.43. The molecule has 0 atom stereocenters. The van der Waals surface area contributed by atoms with E-state index in [4.69, 9.17) is 38.7 Å². The lowest BCUT2D eigenvalue weighted by molar-refractivity contribution is 0.585. The molecule has 0 amide bonds. The molecule has 1 nitrogen and oxygen atoms in total. The van der Waals surface area contributed by atoms with Gasteiger partial charge >= 0.3 is 8.35 Å². The summed E-state index contributed by atoms with van der Waals surface area (Å²) in [5.74, 6) is 0.634. The molecule has 0 bridgehead atoms. The van der Waals surface area contributed by atoms with E-state index >= 15 is 0 Å². The van der Waals surface area contributed by atoms with Crippen LogP contribution in [0.25, 0.3) is 0 Å². The van der Waals surface area contributed by atoms with Gasteiger partial charge in [0.05, 0.1) is 5.02 Å². The second kappa shape index (κ2) is 5.96. The van der Waals surface area contributed by atoms with Gasteiger partial charge in [0.15, 0.2) is 0 Å². The smallest absolute Gasteiger partial charge is 0.389 e. The van der Waals surface area contributed by atoms with E-state index < -0.39 is 8.35 Å². The maximum absolute atomic E-state index is 6.20. The molecule has 0 saturated carbocycles. The number of hydrogen-bond donors (Lipinski definition) is 0. The van der Waals surface area contributed by atoms with Gasteiger partial charge in [-0.2, -0.15) is 0 Å². The zero-order valence-corrected chi connectivity index (χ0v) is 12.4. The number of hydrogen-bond acceptors (Lipinski definition) is 1. The molecular weight excluding hydrogens is 283 g/mol. The first-order chi connectivity index (χ1) is 7.47. The summed E-state index contributed by atoms with van der Waals surface area (Å²) in [5.41, 5.74) is 1.73. The van der Waals surface area contributed by atoms with Crippen LogP contribution in [0, 0.1) is 6.92 Å². The fraction of sp³-hybridized carbons (Fsp3) is 0.273. The van der Waals surface area contributed by atoms with Crippen LogP contribution in [-0.2, 0) is 6.42 Å². The number of rotatable bonds is 4. The monoisotopic (exact) mass is 293 g/mol. The molecule has 0 spiro atoms. The average molecular weight is 295 g/mol. The molecule has 1 aromatic carbocycles. The van der Waals surface area contributed by atoms with Crippen LogP contribution < -0.4 is 4.43 Å². The molecule has 0 aromatic heterocycles. The molecule has 1 radical (unpaired) electrons. The van der Waals surface area contributed by atoms with Gasteiger partial charge in [-0.25, -0.2) is 0 Å². The molecule has 5 heteroatoms. The average Bonchev–Trinajstić information content (AvgIpc) is 2.21. The molecule has 87 valence electrons. The third kappa shape index (κ3) is 3.17. The van der Waals surface area contributed by atoms with Gasteiger partial charge in [-0.1, -0.05) is 29.3 Å². The lowest BCUT2D eigenvalue weighted by Gasteiger charge is -2.16. The molecule has 0 unspecified atom stereocenters. The van der Waals surface area contributed by atoms with Crippen molar-refractivity contribution in [2.45, 2.75) is 19.9 Å². The Morgan fingerprint density at radius 3 is 2.62 bits per heavy atom. The number of halogens is 3. The van der Waals surface area contributed by atoms with Crippen molar-refractivity contribution >= 4 is 42.6 Å². The van der Waals surface area contributed by atoms with E-state index in [0.717, 1.165) is 11.1 Å². The van der Waals surface area contributed by atoms with Crippen molar-refractivity contribution in [2.75, 3.05) is 0 Å². The zero-order valence-electron chi connectivity index (χ0n) is 9.11. The van der Waals surface area contributed by atoms with Crippen LogP contribution in [-0.4, -0.2) is 8.35 Å². The van der Waals surface area contributed by atoms with Crippen LogP contribution in [0.4, 0.5) is 0 Å². The van der Waals surface area contributed by atoms with Crippen molar-refractivity contribution in [3.8, 4) is 5.75 Å². The first kappa shape index (κ1) is 13.9. The minimum atomic E-state index is -1.37. The number of allylic oxidation sites excluding steroid dienone is 1. The van der Waals surface area contributed by atoms with Crippen LogP contribution in [0.2, 0.25) is 16.6 Å². The molecule has 1 rings (SSSR count). The molecule has 0 aliphatic carbocycles. The molecular formula is C11H12Cl3OSi. The Balaban J connectivity index is 3.29. The van der Waals surface area contributed by atoms with Crippen LogP contribution >= 0.6 is 34.3 Å². The third-order valence-corrected chi connectivity index (χ3v) is 3.65. The standard InChI is InChI=1S/C11H12Cl3OSi/c1-4-5-8-6-9(12)7(2)10(13)11(8)15-16(3)14/h4,6H,1,5H2,2-3H3. The zero-order chi connectivity index (χ0) is 12.3. The topological polar surface area (TPSA) is 9.23 Å². The molecule has 0 aliphatic rings. The second-order valence-electron chi connectivity index (χ2n) is 3.35. The predicted molar refractivity (Wildman–Crippen MR) is 73.2 cm³/mol. The highest BCUT2D eigenvalue weighted by molar-refractivity contribution is 7.02. The summed E-state index contributed by atoms with van der Waals surface area (Å²) in [5, 5.41) is 1.17. The molecule has 0 fully saturated rings. The normalized spacial score (nSPS) is 10.6. The molecule has 1 aromatic rings. The predicted octanol–water partition coefficient (Wildman–Crippen LogP) is 4.77. The summed E-state index contributed by atoms with van der Waals surface area (Å²) in [7, 11) is -1.37. The highest BCUT2D eigenvalue weighted by Gasteiger charge is 2.16. The Bertz CT molecular complexity index is 405. The van der Waals surface area contributed by atoms with E-state index in [2.05, 4.69) is 6.58 Å². The van der Waals surface area contributed by atoms with Crippen molar-refractivity contribution in [3.05, 3.63) is 39.9 Å². The van der Waals surface area contributed by atoms with Crippen molar-refractivity contribution in [1.82, 2.24) is 0 Å². The Morgan fingerprint density at radius 1 is 1.50 bits per heavy atom. The fourth-order valence-electron chi connectivity index (χ4n) is 1.30. The van der Waals surface area contributed by atoms with E-state index in [1.807, 2.05) is 19.5 Å². The van der Waals surface area contributed by atoms with Crippen LogP contribution in [0.15, 0.2) is 18.7 Å². The summed E-state index contributed by atoms with van der Waals surface area (Å²) in [4.78, 5) is 0. The van der Waals surface area contributed by atoms with E-state index in [9.17, 15) is 0 Å². The number of benzene rings is 1. The van der Waals surface area contributed by atoms with Gasteiger partial charge in [-0.15, -0.1) is 17.7 Å². The largest absolute Gasteiger partial charge is 0.527 e.